The van der Waals surface area contributed by atoms with Crippen LogP contribution in [0.5, 0.6) is 11.5 Å². The van der Waals surface area contributed by atoms with Crippen LogP contribution < -0.4 is 4.74 Å². The SMILES string of the molecule is O=C1C(c2ccccc2)C(c2ccccc2)C(c2ccc(Oc3ccc(C4C(c5ccccc5)C(=O)C(c5ccccc5)C4c4ccccc4)cc3)cc2)C1c1ccccc1. The zero-order chi connectivity index (χ0) is 41.1. The number of rotatable bonds is 10. The Morgan fingerprint density at radius 3 is 0.656 bits per heavy atom. The number of hydrogen-bond acceptors (Lipinski definition) is 3. The van der Waals surface area contributed by atoms with E-state index < -0.39 is 0 Å². The Balaban J connectivity index is 0.980. The predicted octanol–water partition coefficient (Wildman–Crippen LogP) is 13.5. The van der Waals surface area contributed by atoms with Gasteiger partial charge in [0.15, 0.2) is 0 Å². The maximum atomic E-state index is 14.8. The maximum Gasteiger partial charge on any atom is 0.149 e. The summed E-state index contributed by atoms with van der Waals surface area (Å²) in [6.07, 6.45) is 0. The first-order valence-electron chi connectivity index (χ1n) is 21.4. The van der Waals surface area contributed by atoms with Crippen LogP contribution in [-0.2, 0) is 9.59 Å². The van der Waals surface area contributed by atoms with Gasteiger partial charge in [0.1, 0.15) is 23.1 Å². The molecule has 8 unspecified atom stereocenters. The number of ketones is 2. The minimum atomic E-state index is -0.306. The third-order valence-electron chi connectivity index (χ3n) is 13.2. The van der Waals surface area contributed by atoms with Crippen LogP contribution in [0.1, 0.15) is 91.9 Å². The van der Waals surface area contributed by atoms with E-state index in [1.165, 1.54) is 0 Å². The van der Waals surface area contributed by atoms with Crippen LogP contribution in [0.3, 0.4) is 0 Å². The van der Waals surface area contributed by atoms with Gasteiger partial charge in [-0.25, -0.2) is 0 Å². The van der Waals surface area contributed by atoms with Gasteiger partial charge in [-0.1, -0.05) is 206 Å². The zero-order valence-corrected chi connectivity index (χ0v) is 33.8. The van der Waals surface area contributed by atoms with Crippen molar-refractivity contribution in [2.45, 2.75) is 47.3 Å². The van der Waals surface area contributed by atoms with Crippen molar-refractivity contribution >= 4 is 11.6 Å². The Morgan fingerprint density at radius 1 is 0.230 bits per heavy atom. The number of carbonyl (C=O) groups excluding carboxylic acids is 2. The lowest BCUT2D eigenvalue weighted by molar-refractivity contribution is -0.120. The third-order valence-corrected chi connectivity index (χ3v) is 13.2. The molecule has 8 aromatic rings. The fraction of sp³-hybridized carbons (Fsp3) is 0.138. The lowest BCUT2D eigenvalue weighted by atomic mass is 9.75. The van der Waals surface area contributed by atoms with E-state index in [0.29, 0.717) is 0 Å². The molecule has 3 nitrogen and oxygen atoms in total. The molecule has 2 fully saturated rings. The van der Waals surface area contributed by atoms with E-state index in [-0.39, 0.29) is 58.9 Å². The number of hydrogen-bond donors (Lipinski definition) is 0. The normalized spacial score (nSPS) is 23.5. The standard InChI is InChI=1S/C58H46O3/c59-57-53(41-23-11-3-12-24-41)49(39-19-7-1-8-20-39)51(55(57)43-27-15-5-16-28-43)45-31-35-47(36-32-45)61-48-37-33-46(34-38-48)52-50(40-21-9-2-10-22-40)54(42-25-13-4-14-26-42)58(60)56(52)44-29-17-6-18-30-44/h1-38,49-56H. The monoisotopic (exact) mass is 790 g/mol. The molecular weight excluding hydrogens is 745 g/mol. The molecule has 8 atom stereocenters. The smallest absolute Gasteiger partial charge is 0.149 e. The summed E-state index contributed by atoms with van der Waals surface area (Å²) >= 11 is 0. The molecule has 0 spiro atoms. The first kappa shape index (κ1) is 38.1. The Hall–Kier alpha value is -7.10. The number of ether oxygens (including phenoxy) is 1. The molecule has 0 bridgehead atoms. The summed E-state index contributed by atoms with van der Waals surface area (Å²) in [5.74, 6) is 0.490. The van der Waals surface area contributed by atoms with E-state index in [1.54, 1.807) is 0 Å². The first-order chi connectivity index (χ1) is 30.1. The van der Waals surface area contributed by atoms with Crippen LogP contribution in [0.15, 0.2) is 231 Å². The summed E-state index contributed by atoms with van der Waals surface area (Å²) in [6, 6.07) is 78.9. The molecule has 61 heavy (non-hydrogen) atoms. The molecule has 0 saturated heterocycles. The molecule has 0 heterocycles. The minimum absolute atomic E-state index is 0.0519. The highest BCUT2D eigenvalue weighted by molar-refractivity contribution is 5.98. The second-order valence-corrected chi connectivity index (χ2v) is 16.5. The van der Waals surface area contributed by atoms with Crippen LogP contribution in [0, 0.1) is 0 Å². The Bertz CT molecular complexity index is 2510. The number of Topliss-reactive ketones (excluding diaryl/α,β-unsaturated/α-hetero) is 2. The van der Waals surface area contributed by atoms with Crippen molar-refractivity contribution in [3.8, 4) is 11.5 Å². The van der Waals surface area contributed by atoms with Gasteiger partial charge in [0.2, 0.25) is 0 Å². The van der Waals surface area contributed by atoms with Gasteiger partial charge in [0, 0.05) is 23.7 Å². The molecule has 0 N–H and O–H groups in total. The third kappa shape index (κ3) is 7.31. The molecule has 3 heteroatoms. The van der Waals surface area contributed by atoms with Crippen molar-refractivity contribution in [3.63, 3.8) is 0 Å². The fourth-order valence-electron chi connectivity index (χ4n) is 10.7. The highest BCUT2D eigenvalue weighted by atomic mass is 16.5. The number of carbonyl (C=O) groups is 2. The van der Waals surface area contributed by atoms with Crippen molar-refractivity contribution < 1.29 is 14.3 Å². The summed E-state index contributed by atoms with van der Waals surface area (Å²) in [6.45, 7) is 0. The second kappa shape index (κ2) is 16.9. The van der Waals surface area contributed by atoms with Gasteiger partial charge in [0.25, 0.3) is 0 Å². The molecule has 0 aromatic heterocycles. The van der Waals surface area contributed by atoms with Crippen LogP contribution in [0.25, 0.3) is 0 Å². The molecule has 2 aliphatic carbocycles. The largest absolute Gasteiger partial charge is 0.457 e. The van der Waals surface area contributed by atoms with Crippen molar-refractivity contribution in [3.05, 3.63) is 275 Å². The van der Waals surface area contributed by atoms with Gasteiger partial charge in [0.05, 0.1) is 23.7 Å². The zero-order valence-electron chi connectivity index (χ0n) is 33.8. The topological polar surface area (TPSA) is 43.4 Å². The molecular formula is C58H46O3. The lowest BCUT2D eigenvalue weighted by Gasteiger charge is -2.28. The van der Waals surface area contributed by atoms with E-state index in [2.05, 4.69) is 121 Å². The van der Waals surface area contributed by atoms with Gasteiger partial charge in [-0.05, 0) is 68.8 Å². The minimum Gasteiger partial charge on any atom is -0.457 e. The van der Waals surface area contributed by atoms with Crippen molar-refractivity contribution in [1.82, 2.24) is 0 Å². The van der Waals surface area contributed by atoms with E-state index in [0.717, 1.165) is 56.0 Å². The molecule has 2 saturated carbocycles. The quantitative estimate of drug-likeness (QED) is 0.139. The van der Waals surface area contributed by atoms with Gasteiger partial charge in [-0.15, -0.1) is 0 Å². The van der Waals surface area contributed by atoms with Crippen molar-refractivity contribution in [2.75, 3.05) is 0 Å². The summed E-state index contributed by atoms with van der Waals surface area (Å²) < 4.78 is 6.55. The van der Waals surface area contributed by atoms with E-state index in [4.69, 9.17) is 4.74 Å². The Morgan fingerprint density at radius 2 is 0.426 bits per heavy atom. The lowest BCUT2D eigenvalue weighted by Crippen LogP contribution is -2.14. The highest BCUT2D eigenvalue weighted by Crippen LogP contribution is 2.60. The van der Waals surface area contributed by atoms with Gasteiger partial charge in [-0.2, -0.15) is 0 Å². The Labute approximate surface area is 358 Å². The average Bonchev–Trinajstić information content (AvgIpc) is 3.82. The summed E-state index contributed by atoms with van der Waals surface area (Å²) in [5.41, 5.74) is 8.73. The molecule has 8 aromatic carbocycles. The number of benzene rings is 8. The fourth-order valence-corrected chi connectivity index (χ4v) is 10.7. The Kier molecular flexibility index (Phi) is 10.5. The summed E-state index contributed by atoms with van der Waals surface area (Å²) in [7, 11) is 0. The molecule has 0 amide bonds. The second-order valence-electron chi connectivity index (χ2n) is 16.5. The molecule has 296 valence electrons. The highest BCUT2D eigenvalue weighted by Gasteiger charge is 2.53. The van der Waals surface area contributed by atoms with E-state index in [1.807, 2.05) is 109 Å². The molecule has 0 radical (unpaired) electrons. The van der Waals surface area contributed by atoms with Gasteiger partial charge < -0.3 is 4.74 Å². The summed E-state index contributed by atoms with van der Waals surface area (Å²) in [5, 5.41) is 0. The molecule has 0 aliphatic heterocycles. The van der Waals surface area contributed by atoms with E-state index in [9.17, 15) is 9.59 Å². The van der Waals surface area contributed by atoms with Crippen LogP contribution in [0.4, 0.5) is 0 Å². The molecule has 10 rings (SSSR count). The molecule has 2 aliphatic rings. The van der Waals surface area contributed by atoms with Crippen molar-refractivity contribution in [1.29, 1.82) is 0 Å². The average molecular weight is 791 g/mol. The van der Waals surface area contributed by atoms with Crippen LogP contribution in [-0.4, -0.2) is 11.6 Å². The predicted molar refractivity (Wildman–Crippen MR) is 244 cm³/mol. The van der Waals surface area contributed by atoms with Gasteiger partial charge in [-0.3, -0.25) is 9.59 Å². The maximum absolute atomic E-state index is 14.8. The van der Waals surface area contributed by atoms with Crippen LogP contribution in [0.2, 0.25) is 0 Å². The van der Waals surface area contributed by atoms with E-state index >= 15 is 0 Å². The van der Waals surface area contributed by atoms with Gasteiger partial charge >= 0.3 is 0 Å². The first-order valence-corrected chi connectivity index (χ1v) is 21.4. The van der Waals surface area contributed by atoms with Crippen LogP contribution >= 0.6 is 0 Å². The summed E-state index contributed by atoms with van der Waals surface area (Å²) in [4.78, 5) is 29.5. The van der Waals surface area contributed by atoms with Crippen molar-refractivity contribution in [2.24, 2.45) is 0 Å².